The third-order valence-electron chi connectivity index (χ3n) is 18.0. The number of aliphatic hydroxyl groups is 1. The molecule has 0 spiro atoms. The van der Waals surface area contributed by atoms with Gasteiger partial charge in [-0.15, -0.1) is 0 Å². The van der Waals surface area contributed by atoms with Crippen LogP contribution < -0.4 is 0 Å². The highest BCUT2D eigenvalue weighted by Gasteiger charge is 2.30. The van der Waals surface area contributed by atoms with Gasteiger partial charge in [0.05, 0.1) is 26.4 Å². The van der Waals surface area contributed by atoms with Gasteiger partial charge in [-0.2, -0.15) is 0 Å². The van der Waals surface area contributed by atoms with Gasteiger partial charge >= 0.3 is 39.5 Å². The number of hydrogen-bond donors (Lipinski definition) is 3. The number of unbranched alkanes of at least 4 members (excludes halogenated alkanes) is 46. The quantitative estimate of drug-likeness (QED) is 0.0222. The van der Waals surface area contributed by atoms with Crippen LogP contribution in [0.1, 0.15) is 401 Å². The number of rotatable bonds is 76. The Bertz CT molecular complexity index is 1860. The SMILES string of the molecule is CCCCCCCCCCCCCCCCCCCCCCCC(=O)O[C@H](COC(=O)CCCCCCCCCCCCCCCCCCC)COP(=O)(O)OC[C@@H](O)COP(=O)(O)OC[C@@H](COC(=O)CCCCCCCCC(C)C)OC(=O)CCCCCCCCC(C)C. The Morgan fingerprint density at radius 3 is 0.708 bits per heavy atom. The van der Waals surface area contributed by atoms with Gasteiger partial charge < -0.3 is 33.8 Å². The molecule has 0 saturated carbocycles. The van der Waals surface area contributed by atoms with Gasteiger partial charge in [-0.3, -0.25) is 37.3 Å². The molecule has 0 heterocycles. The van der Waals surface area contributed by atoms with Gasteiger partial charge in [-0.1, -0.05) is 350 Å². The summed E-state index contributed by atoms with van der Waals surface area (Å²) in [6, 6.07) is 0. The lowest BCUT2D eigenvalue weighted by Gasteiger charge is -2.21. The average Bonchev–Trinajstić information content (AvgIpc) is 1.62. The maximum Gasteiger partial charge on any atom is 0.472 e. The lowest BCUT2D eigenvalue weighted by molar-refractivity contribution is -0.161. The van der Waals surface area contributed by atoms with Crippen molar-refractivity contribution in [2.45, 2.75) is 419 Å². The first-order valence-corrected chi connectivity index (χ1v) is 43.0. The van der Waals surface area contributed by atoms with Gasteiger partial charge in [-0.25, -0.2) is 9.13 Å². The summed E-state index contributed by atoms with van der Waals surface area (Å²) in [5, 5.41) is 10.6. The Hall–Kier alpha value is -1.94. The molecule has 17 nitrogen and oxygen atoms in total. The number of phosphoric acid groups is 2. The summed E-state index contributed by atoms with van der Waals surface area (Å²) < 4.78 is 68.4. The number of ether oxygens (including phenoxy) is 4. The van der Waals surface area contributed by atoms with Crippen LogP contribution >= 0.6 is 15.6 Å². The summed E-state index contributed by atoms with van der Waals surface area (Å²) in [5.41, 5.74) is 0. The maximum atomic E-state index is 13.1. The highest BCUT2D eigenvalue weighted by Crippen LogP contribution is 2.45. The van der Waals surface area contributed by atoms with Crippen molar-refractivity contribution in [1.29, 1.82) is 0 Å². The predicted molar refractivity (Wildman–Crippen MR) is 391 cm³/mol. The topological polar surface area (TPSA) is 237 Å². The van der Waals surface area contributed by atoms with E-state index in [1.807, 2.05) is 0 Å². The first-order valence-electron chi connectivity index (χ1n) is 40.0. The zero-order valence-electron chi connectivity index (χ0n) is 62.7. The van der Waals surface area contributed by atoms with Crippen LogP contribution in [0.4, 0.5) is 0 Å². The molecule has 0 rings (SSSR count). The van der Waals surface area contributed by atoms with Crippen molar-refractivity contribution in [2.75, 3.05) is 39.6 Å². The Kier molecular flexibility index (Phi) is 67.4. The van der Waals surface area contributed by atoms with Crippen molar-refractivity contribution in [3.8, 4) is 0 Å². The number of carbonyl (C=O) groups is 4. The summed E-state index contributed by atoms with van der Waals surface area (Å²) in [5.74, 6) is -0.774. The molecule has 0 amide bonds. The minimum absolute atomic E-state index is 0.101. The highest BCUT2D eigenvalue weighted by molar-refractivity contribution is 7.47. The molecule has 0 aliphatic carbocycles. The van der Waals surface area contributed by atoms with Gasteiger partial charge in [0.15, 0.2) is 12.2 Å². The van der Waals surface area contributed by atoms with Crippen LogP contribution in [0.5, 0.6) is 0 Å². The van der Waals surface area contributed by atoms with Crippen LogP contribution in [-0.4, -0.2) is 96.7 Å². The fourth-order valence-corrected chi connectivity index (χ4v) is 13.4. The Morgan fingerprint density at radius 2 is 0.479 bits per heavy atom. The second-order valence-corrected chi connectivity index (χ2v) is 31.6. The summed E-state index contributed by atoms with van der Waals surface area (Å²) >= 11 is 0. The number of esters is 4. The van der Waals surface area contributed by atoms with E-state index in [0.29, 0.717) is 37.5 Å². The van der Waals surface area contributed by atoms with E-state index in [0.717, 1.165) is 96.3 Å². The molecule has 96 heavy (non-hydrogen) atoms. The largest absolute Gasteiger partial charge is 0.472 e. The molecule has 0 radical (unpaired) electrons. The summed E-state index contributed by atoms with van der Waals surface area (Å²) in [4.78, 5) is 72.7. The van der Waals surface area contributed by atoms with Crippen molar-refractivity contribution in [3.05, 3.63) is 0 Å². The molecule has 0 aromatic carbocycles. The highest BCUT2D eigenvalue weighted by atomic mass is 31.2. The van der Waals surface area contributed by atoms with Crippen molar-refractivity contribution in [2.24, 2.45) is 11.8 Å². The smallest absolute Gasteiger partial charge is 0.462 e. The van der Waals surface area contributed by atoms with Crippen molar-refractivity contribution in [1.82, 2.24) is 0 Å². The van der Waals surface area contributed by atoms with E-state index >= 15 is 0 Å². The van der Waals surface area contributed by atoms with Crippen LogP contribution in [0, 0.1) is 11.8 Å². The first-order chi connectivity index (χ1) is 46.4. The minimum atomic E-state index is -4.96. The van der Waals surface area contributed by atoms with E-state index in [4.69, 9.17) is 37.0 Å². The average molecular weight is 1410 g/mol. The molecule has 0 aromatic heterocycles. The van der Waals surface area contributed by atoms with E-state index in [1.165, 1.54) is 212 Å². The van der Waals surface area contributed by atoms with Gasteiger partial charge in [-0.05, 0) is 37.5 Å². The Morgan fingerprint density at radius 1 is 0.281 bits per heavy atom. The standard InChI is InChI=1S/C77H150O17P2/c1-7-9-11-13-15-17-19-21-23-25-26-27-28-30-32-34-36-38-40-49-55-61-76(81)93-72(65-87-74(79)59-53-47-39-37-35-33-31-29-24-22-20-18-16-14-12-10-8-2)67-91-95(83,84)89-63-71(78)64-90-96(85,86)92-68-73(94-77(82)62-56-50-44-42-46-52-58-70(5)6)66-88-75(80)60-54-48-43-41-45-51-57-69(3)4/h69-73,78H,7-68H2,1-6H3,(H,83,84)(H,85,86)/t71-,72-,73-/m1/s1. The Balaban J connectivity index is 5.17. The second kappa shape index (κ2) is 68.8. The van der Waals surface area contributed by atoms with Crippen LogP contribution in [0.3, 0.4) is 0 Å². The summed E-state index contributed by atoms with van der Waals surface area (Å²) in [6.45, 7) is 9.42. The Labute approximate surface area is 588 Å². The fourth-order valence-electron chi connectivity index (χ4n) is 11.8. The normalized spacial score (nSPS) is 14.0. The van der Waals surface area contributed by atoms with Crippen molar-refractivity contribution in [3.63, 3.8) is 0 Å². The maximum absolute atomic E-state index is 13.1. The number of aliphatic hydroxyl groups excluding tert-OH is 1. The van der Waals surface area contributed by atoms with Gasteiger partial charge in [0.2, 0.25) is 0 Å². The van der Waals surface area contributed by atoms with Gasteiger partial charge in [0.25, 0.3) is 0 Å². The van der Waals surface area contributed by atoms with E-state index < -0.39 is 97.5 Å². The molecule has 5 atom stereocenters. The molecule has 19 heteroatoms. The van der Waals surface area contributed by atoms with Gasteiger partial charge in [0.1, 0.15) is 19.3 Å². The zero-order valence-corrected chi connectivity index (χ0v) is 64.5. The fraction of sp³-hybridized carbons (Fsp3) is 0.948. The van der Waals surface area contributed by atoms with Crippen molar-refractivity contribution >= 4 is 39.5 Å². The number of phosphoric ester groups is 2. The van der Waals surface area contributed by atoms with Crippen LogP contribution in [0.15, 0.2) is 0 Å². The lowest BCUT2D eigenvalue weighted by atomic mass is 10.0. The third kappa shape index (κ3) is 70.5. The van der Waals surface area contributed by atoms with E-state index in [2.05, 4.69) is 41.5 Å². The van der Waals surface area contributed by atoms with Crippen LogP contribution in [-0.2, 0) is 65.4 Å². The molecule has 2 unspecified atom stereocenters. The number of hydrogen-bond acceptors (Lipinski definition) is 15. The molecular formula is C77H150O17P2. The molecule has 0 saturated heterocycles. The molecule has 3 N–H and O–H groups in total. The minimum Gasteiger partial charge on any atom is -0.462 e. The van der Waals surface area contributed by atoms with E-state index in [1.54, 1.807) is 0 Å². The molecule has 0 aromatic rings. The third-order valence-corrected chi connectivity index (χ3v) is 19.9. The summed E-state index contributed by atoms with van der Waals surface area (Å²) in [7, 11) is -9.91. The molecular weight excluding hydrogens is 1260 g/mol. The van der Waals surface area contributed by atoms with E-state index in [9.17, 15) is 43.2 Å². The van der Waals surface area contributed by atoms with Gasteiger partial charge in [0, 0.05) is 25.7 Å². The van der Waals surface area contributed by atoms with Crippen LogP contribution in [0.2, 0.25) is 0 Å². The lowest BCUT2D eigenvalue weighted by Crippen LogP contribution is -2.30. The monoisotopic (exact) mass is 1410 g/mol. The molecule has 570 valence electrons. The van der Waals surface area contributed by atoms with Crippen LogP contribution in [0.25, 0.3) is 0 Å². The second-order valence-electron chi connectivity index (χ2n) is 28.7. The molecule has 0 bridgehead atoms. The zero-order chi connectivity index (χ0) is 70.7. The molecule has 0 aliphatic heterocycles. The first kappa shape index (κ1) is 94.1. The number of carbonyl (C=O) groups excluding carboxylic acids is 4. The molecule has 0 fully saturated rings. The predicted octanol–water partition coefficient (Wildman–Crippen LogP) is 22.7. The molecule has 0 aliphatic rings. The summed E-state index contributed by atoms with van der Waals surface area (Å²) in [6.07, 6.45) is 57.5. The van der Waals surface area contributed by atoms with Crippen molar-refractivity contribution < 1.29 is 80.2 Å². The van der Waals surface area contributed by atoms with E-state index in [-0.39, 0.29) is 25.7 Å².